The van der Waals surface area contributed by atoms with Crippen LogP contribution in [0.15, 0.2) is 28.8 Å². The average Bonchev–Trinajstić information content (AvgIpc) is 2.97. The van der Waals surface area contributed by atoms with Gasteiger partial charge in [0.25, 0.3) is 5.89 Å². The molecular weight excluding hydrogens is 258 g/mol. The Hall–Kier alpha value is -1.92. The van der Waals surface area contributed by atoms with E-state index >= 15 is 0 Å². The van der Waals surface area contributed by atoms with Gasteiger partial charge in [0.2, 0.25) is 0 Å². The number of aromatic nitrogens is 2. The second-order valence-corrected chi connectivity index (χ2v) is 4.64. The number of morpholine rings is 1. The van der Waals surface area contributed by atoms with E-state index in [-0.39, 0.29) is 6.10 Å². The van der Waals surface area contributed by atoms with Crippen LogP contribution in [0, 0.1) is 0 Å². The molecule has 0 aliphatic carbocycles. The van der Waals surface area contributed by atoms with Gasteiger partial charge in [0.15, 0.2) is 5.82 Å². The fourth-order valence-corrected chi connectivity index (χ4v) is 2.12. The summed E-state index contributed by atoms with van der Waals surface area (Å²) in [5, 5.41) is 7.24. The highest BCUT2D eigenvalue weighted by molar-refractivity contribution is 5.28. The monoisotopic (exact) mass is 275 g/mol. The van der Waals surface area contributed by atoms with Crippen molar-refractivity contribution in [2.45, 2.75) is 12.5 Å². The maximum atomic E-state index is 5.58. The van der Waals surface area contributed by atoms with Crippen molar-refractivity contribution >= 4 is 0 Å². The molecule has 1 fully saturated rings. The van der Waals surface area contributed by atoms with Gasteiger partial charge in [-0.25, -0.2) is 0 Å². The third kappa shape index (κ3) is 2.97. The molecule has 106 valence electrons. The Labute approximate surface area is 117 Å². The van der Waals surface area contributed by atoms with Crippen molar-refractivity contribution in [1.29, 1.82) is 0 Å². The van der Waals surface area contributed by atoms with Gasteiger partial charge in [-0.05, 0) is 17.7 Å². The SMILES string of the molecule is COc1ccc(Cc2noc([C@@H]3CNCCO3)n2)cc1. The van der Waals surface area contributed by atoms with Gasteiger partial charge in [0.05, 0.1) is 13.7 Å². The Morgan fingerprint density at radius 3 is 2.90 bits per heavy atom. The van der Waals surface area contributed by atoms with Gasteiger partial charge in [-0.3, -0.25) is 0 Å². The van der Waals surface area contributed by atoms with Gasteiger partial charge < -0.3 is 19.3 Å². The summed E-state index contributed by atoms with van der Waals surface area (Å²) in [4.78, 5) is 4.40. The molecular formula is C14H17N3O3. The number of nitrogens with zero attached hydrogens (tertiary/aromatic N) is 2. The first-order valence-corrected chi connectivity index (χ1v) is 6.63. The molecule has 1 saturated heterocycles. The minimum atomic E-state index is -0.138. The van der Waals surface area contributed by atoms with Crippen LogP contribution < -0.4 is 10.1 Å². The fraction of sp³-hybridized carbons (Fsp3) is 0.429. The van der Waals surface area contributed by atoms with Crippen molar-refractivity contribution in [3.05, 3.63) is 41.5 Å². The fourth-order valence-electron chi connectivity index (χ4n) is 2.12. The lowest BCUT2D eigenvalue weighted by molar-refractivity contribution is 0.00755. The maximum absolute atomic E-state index is 5.58. The van der Waals surface area contributed by atoms with Crippen molar-refractivity contribution in [2.75, 3.05) is 26.8 Å². The standard InChI is InChI=1S/C14H17N3O3/c1-18-11-4-2-10(3-5-11)8-13-16-14(20-17-13)12-9-15-6-7-19-12/h2-5,12,15H,6-9H2,1H3/t12-/m0/s1. The lowest BCUT2D eigenvalue weighted by Crippen LogP contribution is -2.33. The summed E-state index contributed by atoms with van der Waals surface area (Å²) < 4.78 is 16.0. The maximum Gasteiger partial charge on any atom is 0.257 e. The van der Waals surface area contributed by atoms with Gasteiger partial charge in [-0.15, -0.1) is 0 Å². The van der Waals surface area contributed by atoms with Crippen molar-refractivity contribution in [3.8, 4) is 5.75 Å². The van der Waals surface area contributed by atoms with E-state index in [9.17, 15) is 0 Å². The third-order valence-electron chi connectivity index (χ3n) is 3.21. The predicted molar refractivity (Wildman–Crippen MR) is 71.7 cm³/mol. The summed E-state index contributed by atoms with van der Waals surface area (Å²) in [7, 11) is 1.65. The smallest absolute Gasteiger partial charge is 0.257 e. The Balaban J connectivity index is 1.66. The van der Waals surface area contributed by atoms with Crippen LogP contribution in [0.25, 0.3) is 0 Å². The van der Waals surface area contributed by atoms with E-state index in [1.54, 1.807) is 7.11 Å². The molecule has 0 bridgehead atoms. The highest BCUT2D eigenvalue weighted by Gasteiger charge is 2.22. The first-order chi connectivity index (χ1) is 9.85. The summed E-state index contributed by atoms with van der Waals surface area (Å²) in [5.74, 6) is 2.05. The first kappa shape index (κ1) is 13.1. The zero-order valence-electron chi connectivity index (χ0n) is 11.3. The molecule has 0 amide bonds. The second-order valence-electron chi connectivity index (χ2n) is 4.64. The Kier molecular flexibility index (Phi) is 3.94. The van der Waals surface area contributed by atoms with E-state index in [1.165, 1.54) is 0 Å². The lowest BCUT2D eigenvalue weighted by Gasteiger charge is -2.19. The zero-order valence-corrected chi connectivity index (χ0v) is 11.3. The number of ether oxygens (including phenoxy) is 2. The molecule has 1 aromatic carbocycles. The Morgan fingerprint density at radius 1 is 1.35 bits per heavy atom. The number of rotatable bonds is 4. The van der Waals surface area contributed by atoms with E-state index in [1.807, 2.05) is 24.3 Å². The molecule has 0 saturated carbocycles. The summed E-state index contributed by atoms with van der Waals surface area (Å²) in [6, 6.07) is 7.83. The first-order valence-electron chi connectivity index (χ1n) is 6.63. The quantitative estimate of drug-likeness (QED) is 0.907. The summed E-state index contributed by atoms with van der Waals surface area (Å²) in [6.45, 7) is 2.24. The lowest BCUT2D eigenvalue weighted by atomic mass is 10.1. The van der Waals surface area contributed by atoms with E-state index in [4.69, 9.17) is 14.0 Å². The minimum absolute atomic E-state index is 0.138. The molecule has 0 radical (unpaired) electrons. The molecule has 6 heteroatoms. The van der Waals surface area contributed by atoms with Crippen LogP contribution in [0.4, 0.5) is 0 Å². The third-order valence-corrected chi connectivity index (χ3v) is 3.21. The molecule has 1 aromatic heterocycles. The van der Waals surface area contributed by atoms with Crippen LogP contribution in [-0.4, -0.2) is 36.9 Å². The van der Waals surface area contributed by atoms with Crippen LogP contribution in [-0.2, 0) is 11.2 Å². The molecule has 2 aromatic rings. The van der Waals surface area contributed by atoms with E-state index < -0.39 is 0 Å². The molecule has 1 aliphatic rings. The molecule has 3 rings (SSSR count). The minimum Gasteiger partial charge on any atom is -0.497 e. The summed E-state index contributed by atoms with van der Waals surface area (Å²) >= 11 is 0. The molecule has 0 spiro atoms. The summed E-state index contributed by atoms with van der Waals surface area (Å²) in [6.07, 6.45) is 0.494. The Morgan fingerprint density at radius 2 is 2.20 bits per heavy atom. The van der Waals surface area contributed by atoms with E-state index in [0.29, 0.717) is 31.3 Å². The predicted octanol–water partition coefficient (Wildman–Crippen LogP) is 1.33. The molecule has 0 unspecified atom stereocenters. The number of benzene rings is 1. The molecule has 6 nitrogen and oxygen atoms in total. The van der Waals surface area contributed by atoms with Crippen molar-refractivity contribution in [2.24, 2.45) is 0 Å². The van der Waals surface area contributed by atoms with Gasteiger partial charge in [-0.1, -0.05) is 17.3 Å². The normalized spacial score (nSPS) is 18.9. The van der Waals surface area contributed by atoms with Gasteiger partial charge in [-0.2, -0.15) is 4.98 Å². The highest BCUT2D eigenvalue weighted by atomic mass is 16.5. The average molecular weight is 275 g/mol. The van der Waals surface area contributed by atoms with Crippen LogP contribution in [0.3, 0.4) is 0 Å². The van der Waals surface area contributed by atoms with E-state index in [0.717, 1.165) is 17.9 Å². The van der Waals surface area contributed by atoms with Gasteiger partial charge in [0, 0.05) is 19.5 Å². The number of hydrogen-bond donors (Lipinski definition) is 1. The van der Waals surface area contributed by atoms with Crippen molar-refractivity contribution in [3.63, 3.8) is 0 Å². The van der Waals surface area contributed by atoms with Gasteiger partial charge >= 0.3 is 0 Å². The van der Waals surface area contributed by atoms with Crippen LogP contribution >= 0.6 is 0 Å². The van der Waals surface area contributed by atoms with Crippen molar-refractivity contribution in [1.82, 2.24) is 15.5 Å². The van der Waals surface area contributed by atoms with Gasteiger partial charge in [0.1, 0.15) is 11.9 Å². The van der Waals surface area contributed by atoms with Crippen LogP contribution in [0.2, 0.25) is 0 Å². The number of hydrogen-bond acceptors (Lipinski definition) is 6. The van der Waals surface area contributed by atoms with E-state index in [2.05, 4.69) is 15.5 Å². The molecule has 20 heavy (non-hydrogen) atoms. The topological polar surface area (TPSA) is 69.4 Å². The summed E-state index contributed by atoms with van der Waals surface area (Å²) in [5.41, 5.74) is 1.11. The molecule has 1 atom stereocenters. The van der Waals surface area contributed by atoms with Crippen LogP contribution in [0.1, 0.15) is 23.4 Å². The highest BCUT2D eigenvalue weighted by Crippen LogP contribution is 2.18. The molecule has 1 aliphatic heterocycles. The van der Waals surface area contributed by atoms with Crippen molar-refractivity contribution < 1.29 is 14.0 Å². The molecule has 1 N–H and O–H groups in total. The van der Waals surface area contributed by atoms with Crippen LogP contribution in [0.5, 0.6) is 5.75 Å². The second kappa shape index (κ2) is 6.02. The number of methoxy groups -OCH3 is 1. The number of nitrogens with one attached hydrogen (secondary N) is 1. The largest absolute Gasteiger partial charge is 0.497 e. The zero-order chi connectivity index (χ0) is 13.8. The molecule has 2 heterocycles. The Bertz CT molecular complexity index is 547.